The van der Waals surface area contributed by atoms with Crippen molar-refractivity contribution in [2.24, 2.45) is 0 Å². The van der Waals surface area contributed by atoms with Crippen LogP contribution in [-0.4, -0.2) is 42.9 Å². The van der Waals surface area contributed by atoms with Crippen molar-refractivity contribution in [3.63, 3.8) is 0 Å². The van der Waals surface area contributed by atoms with Gasteiger partial charge in [0.2, 0.25) is 11.8 Å². The lowest BCUT2D eigenvalue weighted by molar-refractivity contribution is -0.127. The molecule has 0 aliphatic carbocycles. The molecule has 0 aromatic heterocycles. The fraction of sp³-hybridized carbons (Fsp3) is 0.417. The van der Waals surface area contributed by atoms with Gasteiger partial charge in [-0.15, -0.1) is 0 Å². The third-order valence-electron chi connectivity index (χ3n) is 6.08. The van der Waals surface area contributed by atoms with E-state index in [4.69, 9.17) is 0 Å². The van der Waals surface area contributed by atoms with Gasteiger partial charge in [0.15, 0.2) is 0 Å². The van der Waals surface area contributed by atoms with Crippen LogP contribution in [0.1, 0.15) is 41.9 Å². The lowest BCUT2D eigenvalue weighted by Gasteiger charge is -2.21. The number of anilines is 2. The summed E-state index contributed by atoms with van der Waals surface area (Å²) in [5.41, 5.74) is 5.51. The topological polar surface area (TPSA) is 52.7 Å². The maximum Gasteiger partial charge on any atom is 0.243 e. The Morgan fingerprint density at radius 3 is 2.76 bits per heavy atom. The number of fused-ring (bicyclic) bond motifs is 1. The SMILES string of the molecule is Cc1ccc(C)c(NC(=O)CN2CC(CCN3CCCC3=O)c3ccccc32)c1. The quantitative estimate of drug-likeness (QED) is 0.814. The molecule has 5 nitrogen and oxygen atoms in total. The van der Waals surface area contributed by atoms with Crippen molar-refractivity contribution in [1.29, 1.82) is 0 Å². The Morgan fingerprint density at radius 2 is 1.97 bits per heavy atom. The molecule has 1 N–H and O–H groups in total. The van der Waals surface area contributed by atoms with Crippen molar-refractivity contribution in [2.75, 3.05) is 36.4 Å². The zero-order chi connectivity index (χ0) is 20.4. The summed E-state index contributed by atoms with van der Waals surface area (Å²) < 4.78 is 0. The number of hydrogen-bond donors (Lipinski definition) is 1. The Labute approximate surface area is 172 Å². The third kappa shape index (κ3) is 4.29. The Morgan fingerprint density at radius 1 is 1.14 bits per heavy atom. The molecule has 1 fully saturated rings. The molecule has 0 bridgehead atoms. The lowest BCUT2D eigenvalue weighted by atomic mass is 9.98. The number of benzene rings is 2. The Hall–Kier alpha value is -2.82. The van der Waals surface area contributed by atoms with Crippen molar-refractivity contribution in [3.8, 4) is 0 Å². The second-order valence-corrected chi connectivity index (χ2v) is 8.28. The van der Waals surface area contributed by atoms with E-state index >= 15 is 0 Å². The summed E-state index contributed by atoms with van der Waals surface area (Å²) in [4.78, 5) is 28.8. The molecular formula is C24H29N3O2. The van der Waals surface area contributed by atoms with Gasteiger partial charge in [-0.2, -0.15) is 0 Å². The summed E-state index contributed by atoms with van der Waals surface area (Å²) in [6, 6.07) is 14.5. The summed E-state index contributed by atoms with van der Waals surface area (Å²) in [5, 5.41) is 3.07. The first-order valence-electron chi connectivity index (χ1n) is 10.5. The molecule has 0 radical (unpaired) electrons. The first-order valence-corrected chi connectivity index (χ1v) is 10.5. The van der Waals surface area contributed by atoms with Crippen molar-refractivity contribution in [1.82, 2.24) is 4.90 Å². The molecule has 152 valence electrons. The predicted molar refractivity (Wildman–Crippen MR) is 116 cm³/mol. The van der Waals surface area contributed by atoms with Crippen LogP contribution in [0, 0.1) is 13.8 Å². The summed E-state index contributed by atoms with van der Waals surface area (Å²) in [5.74, 6) is 0.637. The van der Waals surface area contributed by atoms with Crippen LogP contribution >= 0.6 is 0 Å². The van der Waals surface area contributed by atoms with Crippen LogP contribution in [0.25, 0.3) is 0 Å². The summed E-state index contributed by atoms with van der Waals surface area (Å²) in [6.07, 6.45) is 2.61. The van der Waals surface area contributed by atoms with Gasteiger partial charge in [0, 0.05) is 43.3 Å². The number of hydrogen-bond acceptors (Lipinski definition) is 3. The second kappa shape index (κ2) is 8.27. The van der Waals surface area contributed by atoms with Crippen molar-refractivity contribution >= 4 is 23.2 Å². The van der Waals surface area contributed by atoms with E-state index in [-0.39, 0.29) is 11.8 Å². The number of aryl methyl sites for hydroxylation is 2. The van der Waals surface area contributed by atoms with Gasteiger partial charge in [-0.1, -0.05) is 30.3 Å². The largest absolute Gasteiger partial charge is 0.361 e. The maximum absolute atomic E-state index is 12.8. The molecule has 2 heterocycles. The molecule has 2 aromatic rings. The Kier molecular flexibility index (Phi) is 5.56. The van der Waals surface area contributed by atoms with E-state index in [0.29, 0.717) is 18.9 Å². The van der Waals surface area contributed by atoms with E-state index in [1.54, 1.807) is 0 Å². The van der Waals surface area contributed by atoms with Crippen molar-refractivity contribution in [3.05, 3.63) is 59.2 Å². The van der Waals surface area contributed by atoms with Crippen LogP contribution in [0.5, 0.6) is 0 Å². The van der Waals surface area contributed by atoms with Crippen LogP contribution in [0.4, 0.5) is 11.4 Å². The number of nitrogens with one attached hydrogen (secondary N) is 1. The molecule has 1 atom stereocenters. The molecule has 0 saturated carbocycles. The molecule has 29 heavy (non-hydrogen) atoms. The van der Waals surface area contributed by atoms with Gasteiger partial charge in [0.25, 0.3) is 0 Å². The van der Waals surface area contributed by atoms with Crippen LogP contribution < -0.4 is 10.2 Å². The summed E-state index contributed by atoms with van der Waals surface area (Å²) in [7, 11) is 0. The first kappa shape index (κ1) is 19.5. The monoisotopic (exact) mass is 391 g/mol. The molecule has 0 spiro atoms. The average molecular weight is 392 g/mol. The molecular weight excluding hydrogens is 362 g/mol. The third-order valence-corrected chi connectivity index (χ3v) is 6.08. The summed E-state index contributed by atoms with van der Waals surface area (Å²) >= 11 is 0. The normalized spacial score (nSPS) is 18.3. The molecule has 2 aliphatic heterocycles. The van der Waals surface area contributed by atoms with E-state index in [9.17, 15) is 9.59 Å². The predicted octanol–water partition coefficient (Wildman–Crippen LogP) is 3.86. The highest BCUT2D eigenvalue weighted by atomic mass is 16.2. The number of amides is 2. The molecule has 1 unspecified atom stereocenters. The highest BCUT2D eigenvalue weighted by molar-refractivity contribution is 5.95. The smallest absolute Gasteiger partial charge is 0.243 e. The maximum atomic E-state index is 12.8. The van der Waals surface area contributed by atoms with Gasteiger partial charge in [-0.05, 0) is 55.5 Å². The van der Waals surface area contributed by atoms with Crippen LogP contribution in [0.3, 0.4) is 0 Å². The fourth-order valence-electron chi connectivity index (χ4n) is 4.47. The minimum absolute atomic E-state index is 0.00359. The van der Waals surface area contributed by atoms with E-state index in [1.807, 2.05) is 36.9 Å². The van der Waals surface area contributed by atoms with Gasteiger partial charge in [-0.3, -0.25) is 9.59 Å². The number of nitrogens with zero attached hydrogens (tertiary/aromatic N) is 2. The van der Waals surface area contributed by atoms with E-state index in [0.717, 1.165) is 55.0 Å². The zero-order valence-electron chi connectivity index (χ0n) is 17.3. The van der Waals surface area contributed by atoms with Gasteiger partial charge in [0.05, 0.1) is 6.54 Å². The highest BCUT2D eigenvalue weighted by Crippen LogP contribution is 2.38. The van der Waals surface area contributed by atoms with Crippen LogP contribution in [0.2, 0.25) is 0 Å². The van der Waals surface area contributed by atoms with Gasteiger partial charge in [-0.25, -0.2) is 0 Å². The molecule has 4 rings (SSSR count). The van der Waals surface area contributed by atoms with Crippen LogP contribution in [-0.2, 0) is 9.59 Å². The molecule has 1 saturated heterocycles. The minimum Gasteiger partial charge on any atom is -0.361 e. The highest BCUT2D eigenvalue weighted by Gasteiger charge is 2.30. The number of likely N-dealkylation sites (tertiary alicyclic amines) is 1. The van der Waals surface area contributed by atoms with E-state index in [2.05, 4.69) is 34.5 Å². The second-order valence-electron chi connectivity index (χ2n) is 8.28. The fourth-order valence-corrected chi connectivity index (χ4v) is 4.47. The Balaban J connectivity index is 1.42. The van der Waals surface area contributed by atoms with Gasteiger partial charge in [0.1, 0.15) is 0 Å². The van der Waals surface area contributed by atoms with E-state index < -0.39 is 0 Å². The van der Waals surface area contributed by atoms with Gasteiger partial charge < -0.3 is 15.1 Å². The lowest BCUT2D eigenvalue weighted by Crippen LogP contribution is -2.33. The zero-order valence-corrected chi connectivity index (χ0v) is 17.3. The number of carbonyl (C=O) groups is 2. The minimum atomic E-state index is 0.00359. The molecule has 2 aromatic carbocycles. The number of rotatable bonds is 6. The molecule has 2 aliphatic rings. The summed E-state index contributed by atoms with van der Waals surface area (Å²) in [6.45, 7) is 6.89. The number of carbonyl (C=O) groups excluding carboxylic acids is 2. The first-order chi connectivity index (χ1) is 14.0. The standard InChI is InChI=1S/C24H29N3O2/c1-17-9-10-18(2)21(14-17)25-23(28)16-27-15-19(20-6-3-4-7-22(20)27)11-13-26-12-5-8-24(26)29/h3-4,6-7,9-10,14,19H,5,8,11-13,15-16H2,1-2H3,(H,25,28). The van der Waals surface area contributed by atoms with E-state index in [1.165, 1.54) is 5.56 Å². The number of para-hydroxylation sites is 1. The Bertz CT molecular complexity index is 924. The van der Waals surface area contributed by atoms with Crippen LogP contribution in [0.15, 0.2) is 42.5 Å². The van der Waals surface area contributed by atoms with Crippen molar-refractivity contribution in [2.45, 2.75) is 39.0 Å². The molecule has 2 amide bonds. The van der Waals surface area contributed by atoms with Crippen molar-refractivity contribution < 1.29 is 9.59 Å². The average Bonchev–Trinajstić information content (AvgIpc) is 3.26. The molecule has 5 heteroatoms. The van der Waals surface area contributed by atoms with Gasteiger partial charge >= 0.3 is 0 Å².